The largest absolute Gasteiger partial charge is 0.344 e. The molecule has 0 aliphatic heterocycles. The van der Waals surface area contributed by atoms with Crippen LogP contribution in [0.3, 0.4) is 0 Å². The fourth-order valence-corrected chi connectivity index (χ4v) is 4.58. The summed E-state index contributed by atoms with van der Waals surface area (Å²) in [6, 6.07) is 18.0. The minimum atomic E-state index is -0.443. The summed E-state index contributed by atoms with van der Waals surface area (Å²) in [5, 5.41) is 9.06. The van der Waals surface area contributed by atoms with Crippen LogP contribution in [0.1, 0.15) is 41.1 Å². The number of fused-ring (bicyclic) bond motifs is 2. The summed E-state index contributed by atoms with van der Waals surface area (Å²) in [5.74, 6) is -0.295. The first-order chi connectivity index (χ1) is 16.5. The van der Waals surface area contributed by atoms with Crippen LogP contribution in [0.4, 0.5) is 0 Å². The molecule has 170 valence electrons. The highest BCUT2D eigenvalue weighted by molar-refractivity contribution is 6.35. The van der Waals surface area contributed by atoms with Crippen LogP contribution in [-0.2, 0) is 0 Å². The maximum Gasteiger partial charge on any atom is 0.264 e. The van der Waals surface area contributed by atoms with E-state index < -0.39 is 6.04 Å². The van der Waals surface area contributed by atoms with Gasteiger partial charge in [0.25, 0.3) is 11.5 Å². The summed E-state index contributed by atoms with van der Waals surface area (Å²) in [4.78, 5) is 31.4. The molecule has 0 aliphatic carbocycles. The summed E-state index contributed by atoms with van der Waals surface area (Å²) in [7, 11) is 0. The summed E-state index contributed by atoms with van der Waals surface area (Å²) < 4.78 is 3.22. The number of hydrogen-bond donors (Lipinski definition) is 1. The average Bonchev–Trinajstić information content (AvgIpc) is 3.18. The molecule has 5 aromatic rings. The second-order valence-electron chi connectivity index (χ2n) is 8.03. The molecule has 1 N–H and O–H groups in total. The van der Waals surface area contributed by atoms with Crippen molar-refractivity contribution in [1.29, 1.82) is 0 Å². The van der Waals surface area contributed by atoms with Crippen molar-refractivity contribution in [2.24, 2.45) is 0 Å². The lowest BCUT2D eigenvalue weighted by molar-refractivity contribution is 0.0935. The van der Waals surface area contributed by atoms with E-state index in [0.717, 1.165) is 5.39 Å². The Morgan fingerprint density at radius 2 is 1.91 bits per heavy atom. The first kappa shape index (κ1) is 21.9. The van der Waals surface area contributed by atoms with E-state index in [-0.39, 0.29) is 11.5 Å². The average molecular weight is 472 g/mol. The highest BCUT2D eigenvalue weighted by Gasteiger charge is 2.24. The zero-order valence-electron chi connectivity index (χ0n) is 18.7. The minimum Gasteiger partial charge on any atom is -0.344 e. The zero-order chi connectivity index (χ0) is 23.8. The van der Waals surface area contributed by atoms with E-state index in [4.69, 9.17) is 11.6 Å². The van der Waals surface area contributed by atoms with E-state index >= 15 is 0 Å². The molecule has 0 bridgehead atoms. The Morgan fingerprint density at radius 1 is 1.12 bits per heavy atom. The van der Waals surface area contributed by atoms with E-state index in [1.54, 1.807) is 40.5 Å². The molecule has 1 atom stereocenters. The van der Waals surface area contributed by atoms with E-state index in [1.165, 1.54) is 0 Å². The fraction of sp³-hybridized carbons (Fsp3) is 0.154. The summed E-state index contributed by atoms with van der Waals surface area (Å²) >= 11 is 6.41. The van der Waals surface area contributed by atoms with Crippen LogP contribution in [0, 0.1) is 6.92 Å². The molecule has 8 heteroatoms. The van der Waals surface area contributed by atoms with Gasteiger partial charge in [-0.1, -0.05) is 48.9 Å². The third-order valence-electron chi connectivity index (χ3n) is 5.91. The quantitative estimate of drug-likeness (QED) is 0.396. The molecule has 34 heavy (non-hydrogen) atoms. The van der Waals surface area contributed by atoms with Crippen molar-refractivity contribution in [2.45, 2.75) is 26.3 Å². The van der Waals surface area contributed by atoms with Gasteiger partial charge in [0.2, 0.25) is 0 Å². The smallest absolute Gasteiger partial charge is 0.264 e. The molecule has 3 aromatic heterocycles. The van der Waals surface area contributed by atoms with Crippen molar-refractivity contribution in [2.75, 3.05) is 0 Å². The predicted molar refractivity (Wildman–Crippen MR) is 133 cm³/mol. The van der Waals surface area contributed by atoms with Crippen molar-refractivity contribution in [3.8, 4) is 5.69 Å². The van der Waals surface area contributed by atoms with E-state index in [9.17, 15) is 9.59 Å². The van der Waals surface area contributed by atoms with Crippen LogP contribution in [0.25, 0.3) is 22.1 Å². The predicted octanol–water partition coefficient (Wildman–Crippen LogP) is 4.88. The Hall–Kier alpha value is -3.97. The third kappa shape index (κ3) is 3.64. The van der Waals surface area contributed by atoms with Gasteiger partial charge in [0, 0.05) is 23.8 Å². The van der Waals surface area contributed by atoms with Gasteiger partial charge in [0.15, 0.2) is 5.65 Å². The molecular formula is C26H22ClN5O2. The molecular weight excluding hydrogens is 450 g/mol. The van der Waals surface area contributed by atoms with Gasteiger partial charge in [-0.2, -0.15) is 5.10 Å². The van der Waals surface area contributed by atoms with Crippen molar-refractivity contribution in [3.05, 3.63) is 105 Å². The van der Waals surface area contributed by atoms with Crippen LogP contribution in [0.5, 0.6) is 0 Å². The van der Waals surface area contributed by atoms with Crippen LogP contribution in [-0.4, -0.2) is 25.1 Å². The first-order valence-electron chi connectivity index (χ1n) is 11.0. The number of para-hydroxylation sites is 1. The number of aryl methyl sites for hydroxylation is 1. The van der Waals surface area contributed by atoms with Gasteiger partial charge in [-0.3, -0.25) is 14.2 Å². The first-order valence-corrected chi connectivity index (χ1v) is 11.4. The molecule has 0 saturated carbocycles. The zero-order valence-corrected chi connectivity index (χ0v) is 19.5. The molecule has 5 rings (SSSR count). The van der Waals surface area contributed by atoms with Crippen LogP contribution >= 0.6 is 11.6 Å². The van der Waals surface area contributed by atoms with Crippen LogP contribution in [0.15, 0.2) is 77.9 Å². The number of hydrogen-bond acceptors (Lipinski definition) is 4. The molecule has 1 amide bonds. The van der Waals surface area contributed by atoms with Gasteiger partial charge < -0.3 is 5.32 Å². The molecule has 7 nitrogen and oxygen atoms in total. The Morgan fingerprint density at radius 3 is 2.68 bits per heavy atom. The number of rotatable bonds is 5. The second kappa shape index (κ2) is 8.76. The molecule has 0 unspecified atom stereocenters. The van der Waals surface area contributed by atoms with Gasteiger partial charge in [0.05, 0.1) is 22.1 Å². The maximum absolute atomic E-state index is 13.7. The minimum absolute atomic E-state index is 0.231. The Labute approximate surface area is 200 Å². The molecule has 0 aliphatic rings. The number of benzene rings is 2. The molecule has 2 aromatic carbocycles. The second-order valence-corrected chi connectivity index (χ2v) is 8.44. The van der Waals surface area contributed by atoms with Gasteiger partial charge >= 0.3 is 0 Å². The summed E-state index contributed by atoms with van der Waals surface area (Å²) in [6.07, 6.45) is 3.95. The molecule has 3 heterocycles. The third-order valence-corrected chi connectivity index (χ3v) is 6.22. The van der Waals surface area contributed by atoms with E-state index in [0.29, 0.717) is 45.1 Å². The number of pyridine rings is 1. The lowest BCUT2D eigenvalue weighted by Gasteiger charge is -2.23. The normalized spacial score (nSPS) is 12.2. The highest BCUT2D eigenvalue weighted by atomic mass is 35.5. The van der Waals surface area contributed by atoms with Crippen molar-refractivity contribution < 1.29 is 4.79 Å². The molecule has 0 radical (unpaired) electrons. The van der Waals surface area contributed by atoms with Gasteiger partial charge in [-0.05, 0) is 49.1 Å². The number of aromatic nitrogens is 4. The fourth-order valence-electron chi connectivity index (χ4n) is 4.32. The standard InChI is InChI=1S/C26H22ClN5O2/c1-3-20(29-25(33)22-16(2)30-31-14-8-13-28-24(22)31)21-15-17-9-7-12-19(27)23(17)26(34)32(21)18-10-5-4-6-11-18/h4-15,20H,3H2,1-2H3,(H,29,33)/t20-/m0/s1. The summed E-state index contributed by atoms with van der Waals surface area (Å²) in [6.45, 7) is 3.75. The van der Waals surface area contributed by atoms with Crippen molar-refractivity contribution >= 4 is 33.9 Å². The van der Waals surface area contributed by atoms with Crippen molar-refractivity contribution in [1.82, 2.24) is 24.5 Å². The molecule has 0 saturated heterocycles. The van der Waals surface area contributed by atoms with E-state index in [1.807, 2.05) is 55.5 Å². The van der Waals surface area contributed by atoms with E-state index in [2.05, 4.69) is 15.4 Å². The molecule has 0 fully saturated rings. The van der Waals surface area contributed by atoms with Crippen LogP contribution in [0.2, 0.25) is 5.02 Å². The Balaban J connectivity index is 1.67. The Kier molecular flexibility index (Phi) is 5.63. The maximum atomic E-state index is 13.7. The topological polar surface area (TPSA) is 81.3 Å². The van der Waals surface area contributed by atoms with Gasteiger partial charge in [0.1, 0.15) is 5.56 Å². The molecule has 0 spiro atoms. The number of carbonyl (C=O) groups is 1. The highest BCUT2D eigenvalue weighted by Crippen LogP contribution is 2.27. The van der Waals surface area contributed by atoms with Crippen LogP contribution < -0.4 is 10.9 Å². The number of halogens is 1. The SMILES string of the molecule is CC[C@H](NC(=O)c1c(C)nn2cccnc12)c1cc2cccc(Cl)c2c(=O)n1-c1ccccc1. The summed E-state index contributed by atoms with van der Waals surface area (Å²) in [5.41, 5.74) is 2.62. The Bertz CT molecular complexity index is 1590. The number of amides is 1. The number of nitrogens with one attached hydrogen (secondary N) is 1. The van der Waals surface area contributed by atoms with Gasteiger partial charge in [-0.25, -0.2) is 9.50 Å². The number of carbonyl (C=O) groups excluding carboxylic acids is 1. The monoisotopic (exact) mass is 471 g/mol. The lowest BCUT2D eigenvalue weighted by Crippen LogP contribution is -2.33. The number of nitrogens with zero attached hydrogens (tertiary/aromatic N) is 4. The van der Waals surface area contributed by atoms with Gasteiger partial charge in [-0.15, -0.1) is 0 Å². The lowest BCUT2D eigenvalue weighted by atomic mass is 10.0. The van der Waals surface area contributed by atoms with Crippen molar-refractivity contribution in [3.63, 3.8) is 0 Å².